The summed E-state index contributed by atoms with van der Waals surface area (Å²) in [5.74, 6) is 1.13. The van der Waals surface area contributed by atoms with Gasteiger partial charge in [-0.3, -0.25) is 9.36 Å². The minimum absolute atomic E-state index is 0.149. The minimum Gasteiger partial charge on any atom is -0.342 e. The van der Waals surface area contributed by atoms with E-state index in [-0.39, 0.29) is 29.2 Å². The number of aromatic nitrogens is 3. The zero-order chi connectivity index (χ0) is 21.5. The Balaban J connectivity index is 1.37. The van der Waals surface area contributed by atoms with Crippen LogP contribution < -0.4 is 5.69 Å². The molecule has 2 heterocycles. The van der Waals surface area contributed by atoms with Gasteiger partial charge in [0.05, 0.1) is 0 Å². The Morgan fingerprint density at radius 3 is 2.26 bits per heavy atom. The van der Waals surface area contributed by atoms with Crippen LogP contribution in [0.2, 0.25) is 0 Å². The molecule has 2 aromatic carbocycles. The molecule has 1 aromatic heterocycles. The van der Waals surface area contributed by atoms with Crippen molar-refractivity contribution in [3.8, 4) is 22.5 Å². The molecule has 1 saturated heterocycles. The smallest absolute Gasteiger partial charge is 0.342 e. The SMILES string of the molecule is Cn1nc(-c2ccc(-c3ccc(F)cc3)cc2)n(CC2CCN(C(=O)C3CC3)C2)c1=O. The third-order valence-corrected chi connectivity index (χ3v) is 6.29. The largest absolute Gasteiger partial charge is 0.345 e. The first-order valence-electron chi connectivity index (χ1n) is 10.8. The second-order valence-electron chi connectivity index (χ2n) is 8.64. The highest BCUT2D eigenvalue weighted by Crippen LogP contribution is 2.33. The maximum Gasteiger partial charge on any atom is 0.345 e. The van der Waals surface area contributed by atoms with Crippen LogP contribution in [0, 0.1) is 17.7 Å². The molecule has 1 amide bonds. The highest BCUT2D eigenvalue weighted by atomic mass is 19.1. The predicted molar refractivity (Wildman–Crippen MR) is 116 cm³/mol. The summed E-state index contributed by atoms with van der Waals surface area (Å²) in [5.41, 5.74) is 2.60. The van der Waals surface area contributed by atoms with Gasteiger partial charge >= 0.3 is 5.69 Å². The number of rotatable bonds is 5. The summed E-state index contributed by atoms with van der Waals surface area (Å²) in [6, 6.07) is 14.2. The maximum absolute atomic E-state index is 13.2. The molecular formula is C24H25FN4O2. The molecule has 1 aliphatic heterocycles. The highest BCUT2D eigenvalue weighted by molar-refractivity contribution is 5.81. The van der Waals surface area contributed by atoms with Crippen molar-refractivity contribution < 1.29 is 9.18 Å². The van der Waals surface area contributed by atoms with Crippen molar-refractivity contribution in [3.05, 3.63) is 64.8 Å². The molecule has 0 radical (unpaired) electrons. The van der Waals surface area contributed by atoms with Gasteiger partial charge in [0.25, 0.3) is 0 Å². The molecule has 2 fully saturated rings. The fourth-order valence-electron chi connectivity index (χ4n) is 4.36. The van der Waals surface area contributed by atoms with Crippen LogP contribution in [-0.4, -0.2) is 38.2 Å². The van der Waals surface area contributed by atoms with E-state index in [1.807, 2.05) is 29.2 Å². The number of aryl methyl sites for hydroxylation is 1. The monoisotopic (exact) mass is 420 g/mol. The second-order valence-corrected chi connectivity index (χ2v) is 8.64. The average molecular weight is 420 g/mol. The van der Waals surface area contributed by atoms with E-state index in [1.54, 1.807) is 23.7 Å². The molecule has 3 aromatic rings. The number of carbonyl (C=O) groups is 1. The topological polar surface area (TPSA) is 60.1 Å². The van der Waals surface area contributed by atoms with E-state index in [4.69, 9.17) is 0 Å². The fraction of sp³-hybridized carbons (Fsp3) is 0.375. The Bertz CT molecular complexity index is 1160. The average Bonchev–Trinajstić information content (AvgIpc) is 3.47. The summed E-state index contributed by atoms with van der Waals surface area (Å²) in [7, 11) is 1.66. The molecule has 2 aliphatic rings. The lowest BCUT2D eigenvalue weighted by Crippen LogP contribution is -2.31. The first kappa shape index (κ1) is 19.7. The molecule has 0 spiro atoms. The van der Waals surface area contributed by atoms with Crippen LogP contribution in [0.1, 0.15) is 19.3 Å². The van der Waals surface area contributed by atoms with Gasteiger partial charge in [0.1, 0.15) is 5.82 Å². The third kappa shape index (κ3) is 3.92. The lowest BCUT2D eigenvalue weighted by Gasteiger charge is -2.16. The van der Waals surface area contributed by atoms with E-state index in [0.717, 1.165) is 42.5 Å². The van der Waals surface area contributed by atoms with Gasteiger partial charge in [-0.25, -0.2) is 13.9 Å². The van der Waals surface area contributed by atoms with Crippen LogP contribution in [0.15, 0.2) is 53.3 Å². The van der Waals surface area contributed by atoms with Gasteiger partial charge < -0.3 is 4.90 Å². The molecule has 1 unspecified atom stereocenters. The summed E-state index contributed by atoms with van der Waals surface area (Å²) >= 11 is 0. The number of hydrogen-bond donors (Lipinski definition) is 0. The number of halogens is 1. The van der Waals surface area contributed by atoms with Gasteiger partial charge in [-0.2, -0.15) is 0 Å². The summed E-state index contributed by atoms with van der Waals surface area (Å²) in [6.07, 6.45) is 2.93. The van der Waals surface area contributed by atoms with Crippen LogP contribution in [0.25, 0.3) is 22.5 Å². The van der Waals surface area contributed by atoms with E-state index >= 15 is 0 Å². The molecule has 160 valence electrons. The Hall–Kier alpha value is -3.22. The summed E-state index contributed by atoms with van der Waals surface area (Å²) in [6.45, 7) is 2.03. The van der Waals surface area contributed by atoms with Gasteiger partial charge in [0, 0.05) is 38.2 Å². The third-order valence-electron chi connectivity index (χ3n) is 6.29. The zero-order valence-electron chi connectivity index (χ0n) is 17.5. The first-order chi connectivity index (χ1) is 15.0. The molecule has 1 atom stereocenters. The number of hydrogen-bond acceptors (Lipinski definition) is 3. The van der Waals surface area contributed by atoms with Crippen LogP contribution in [0.3, 0.4) is 0 Å². The number of carbonyl (C=O) groups excluding carboxylic acids is 1. The van der Waals surface area contributed by atoms with E-state index in [0.29, 0.717) is 18.9 Å². The Morgan fingerprint density at radius 2 is 1.61 bits per heavy atom. The van der Waals surface area contributed by atoms with E-state index < -0.39 is 0 Å². The van der Waals surface area contributed by atoms with Crippen molar-refractivity contribution in [1.82, 2.24) is 19.2 Å². The van der Waals surface area contributed by atoms with E-state index in [2.05, 4.69) is 5.10 Å². The van der Waals surface area contributed by atoms with E-state index in [1.165, 1.54) is 16.8 Å². The van der Waals surface area contributed by atoms with Crippen LogP contribution in [0.5, 0.6) is 0 Å². The number of amides is 1. The number of likely N-dealkylation sites (tertiary alicyclic amines) is 1. The van der Waals surface area contributed by atoms with Gasteiger partial charge in [-0.1, -0.05) is 36.4 Å². The van der Waals surface area contributed by atoms with E-state index in [9.17, 15) is 14.0 Å². The van der Waals surface area contributed by atoms with Crippen molar-refractivity contribution in [1.29, 1.82) is 0 Å². The molecule has 7 heteroatoms. The summed E-state index contributed by atoms with van der Waals surface area (Å²) in [4.78, 5) is 27.1. The number of nitrogens with zero attached hydrogens (tertiary/aromatic N) is 4. The molecule has 31 heavy (non-hydrogen) atoms. The van der Waals surface area contributed by atoms with Gasteiger partial charge in [0.15, 0.2) is 5.82 Å². The van der Waals surface area contributed by atoms with Gasteiger partial charge in [0.2, 0.25) is 5.91 Å². The lowest BCUT2D eigenvalue weighted by atomic mass is 10.0. The van der Waals surface area contributed by atoms with Crippen molar-refractivity contribution in [2.45, 2.75) is 25.8 Å². The molecule has 1 saturated carbocycles. The van der Waals surface area contributed by atoms with Crippen molar-refractivity contribution in [2.24, 2.45) is 18.9 Å². The normalized spacial score (nSPS) is 18.5. The standard InChI is InChI=1S/C24H25FN4O2/c1-27-24(31)29(15-16-12-13-28(14-16)23(30)20-6-7-20)22(26-27)19-4-2-17(3-5-19)18-8-10-21(25)11-9-18/h2-5,8-11,16,20H,6-7,12-15H2,1H3. The predicted octanol–water partition coefficient (Wildman–Crippen LogP) is 3.31. The zero-order valence-corrected chi connectivity index (χ0v) is 17.5. The van der Waals surface area contributed by atoms with Crippen molar-refractivity contribution in [3.63, 3.8) is 0 Å². The molecule has 0 N–H and O–H groups in total. The Labute approximate surface area is 179 Å². The number of benzene rings is 2. The molecule has 1 aliphatic carbocycles. The van der Waals surface area contributed by atoms with Crippen molar-refractivity contribution in [2.75, 3.05) is 13.1 Å². The van der Waals surface area contributed by atoms with Gasteiger partial charge in [-0.05, 0) is 48.4 Å². The minimum atomic E-state index is -0.262. The molecule has 5 rings (SSSR count). The fourth-order valence-corrected chi connectivity index (χ4v) is 4.36. The summed E-state index contributed by atoms with van der Waals surface area (Å²) < 4.78 is 16.3. The van der Waals surface area contributed by atoms with Crippen LogP contribution in [0.4, 0.5) is 4.39 Å². The lowest BCUT2D eigenvalue weighted by molar-refractivity contribution is -0.131. The van der Waals surface area contributed by atoms with Gasteiger partial charge in [-0.15, -0.1) is 5.10 Å². The second kappa shape index (κ2) is 7.80. The van der Waals surface area contributed by atoms with Crippen molar-refractivity contribution >= 4 is 5.91 Å². The molecule has 0 bridgehead atoms. The van der Waals surface area contributed by atoms with Crippen LogP contribution >= 0.6 is 0 Å². The Kier molecular flexibility index (Phi) is 4.96. The molecule has 6 nitrogen and oxygen atoms in total. The maximum atomic E-state index is 13.2. The Morgan fingerprint density at radius 1 is 1.00 bits per heavy atom. The molecular weight excluding hydrogens is 395 g/mol. The summed E-state index contributed by atoms with van der Waals surface area (Å²) in [5, 5.41) is 4.47. The van der Waals surface area contributed by atoms with Crippen LogP contribution in [-0.2, 0) is 18.4 Å². The quantitative estimate of drug-likeness (QED) is 0.636. The highest BCUT2D eigenvalue weighted by Gasteiger charge is 2.36. The first-order valence-corrected chi connectivity index (χ1v) is 10.8.